The largest absolute Gasteiger partial charge is 0.488 e. The molecule has 2 aromatic heterocycles. The summed E-state index contributed by atoms with van der Waals surface area (Å²) in [5.74, 6) is 1.00. The fourth-order valence-corrected chi connectivity index (χ4v) is 9.48. The van der Waals surface area contributed by atoms with E-state index < -0.39 is 0 Å². The van der Waals surface area contributed by atoms with Crippen molar-refractivity contribution in [2.45, 2.75) is 11.8 Å². The van der Waals surface area contributed by atoms with Crippen molar-refractivity contribution in [3.8, 4) is 39.4 Å². The van der Waals surface area contributed by atoms with Crippen LogP contribution in [0.1, 0.15) is 23.2 Å². The van der Waals surface area contributed by atoms with Crippen molar-refractivity contribution in [3.63, 3.8) is 0 Å². The Morgan fingerprint density at radius 1 is 0.560 bits per heavy atom. The number of nitrogens with zero attached hydrogens (tertiary/aromatic N) is 2. The summed E-state index contributed by atoms with van der Waals surface area (Å²) in [5, 5.41) is 3.82. The lowest BCUT2D eigenvalue weighted by Gasteiger charge is -2.42. The summed E-state index contributed by atoms with van der Waals surface area (Å²) in [7, 11) is 0. The van der Waals surface area contributed by atoms with Gasteiger partial charge in [0.25, 0.3) is 0 Å². The van der Waals surface area contributed by atoms with Gasteiger partial charge >= 0.3 is 0 Å². The van der Waals surface area contributed by atoms with Crippen LogP contribution in [-0.2, 0) is 5.41 Å². The summed E-state index contributed by atoms with van der Waals surface area (Å²) in [5.41, 5.74) is 17.6. The summed E-state index contributed by atoms with van der Waals surface area (Å²) in [6.07, 6.45) is 10.5. The molecule has 0 bridgehead atoms. The Labute approximate surface area is 289 Å². The Kier molecular flexibility index (Phi) is 5.02. The van der Waals surface area contributed by atoms with E-state index >= 15 is 0 Å². The van der Waals surface area contributed by atoms with E-state index in [0.717, 1.165) is 12.2 Å². The number of para-hydroxylation sites is 1. The second-order valence-corrected chi connectivity index (χ2v) is 14.1. The van der Waals surface area contributed by atoms with E-state index in [4.69, 9.17) is 4.74 Å². The van der Waals surface area contributed by atoms with Crippen LogP contribution in [0.25, 0.3) is 78.0 Å². The maximum atomic E-state index is 6.30. The molecule has 234 valence electrons. The monoisotopic (exact) mass is 638 g/mol. The Bertz CT molecular complexity index is 2880. The standard InChI is InChI=1S/C47H30N2O/c1-3-9-29(10-4-1)30-17-20-39-37(25-30)35-19-16-32(27-42(35)48(39)34-11-5-2-6-12-34)31-18-21-40-38(26-31)36-13-8-23-47-24-22-33-28-50-43-15-7-14-41(44(43)45(33)47)49(40)46(36)47/h1-22,24-27H,23,28H2. The lowest BCUT2D eigenvalue weighted by molar-refractivity contribution is 0.347. The van der Waals surface area contributed by atoms with Crippen LogP contribution >= 0.6 is 0 Å². The molecule has 1 atom stereocenters. The normalized spacial score (nSPS) is 17.8. The highest BCUT2D eigenvalue weighted by atomic mass is 16.5. The second kappa shape index (κ2) is 9.43. The lowest BCUT2D eigenvalue weighted by atomic mass is 9.67. The Hall–Kier alpha value is -6.32. The Morgan fingerprint density at radius 3 is 2.16 bits per heavy atom. The zero-order valence-corrected chi connectivity index (χ0v) is 27.2. The summed E-state index contributed by atoms with van der Waals surface area (Å²) in [6, 6.07) is 49.0. The van der Waals surface area contributed by atoms with E-state index in [-0.39, 0.29) is 5.41 Å². The second-order valence-electron chi connectivity index (χ2n) is 14.1. The third-order valence-corrected chi connectivity index (χ3v) is 11.6. The van der Waals surface area contributed by atoms with Crippen LogP contribution in [0.15, 0.2) is 157 Å². The number of fused-ring (bicyclic) bond motifs is 7. The quantitative estimate of drug-likeness (QED) is 0.188. The minimum Gasteiger partial charge on any atom is -0.488 e. The molecule has 2 aliphatic heterocycles. The molecule has 3 nitrogen and oxygen atoms in total. The lowest BCUT2D eigenvalue weighted by Crippen LogP contribution is -2.34. The molecule has 0 fully saturated rings. The van der Waals surface area contributed by atoms with Crippen LogP contribution in [0.3, 0.4) is 0 Å². The summed E-state index contributed by atoms with van der Waals surface area (Å²) < 4.78 is 11.3. The molecular weight excluding hydrogens is 609 g/mol. The average molecular weight is 639 g/mol. The topological polar surface area (TPSA) is 19.1 Å². The number of allylic oxidation sites excluding steroid dienone is 3. The molecule has 4 aliphatic rings. The van der Waals surface area contributed by atoms with E-state index in [9.17, 15) is 0 Å². The van der Waals surface area contributed by atoms with Crippen molar-refractivity contribution in [3.05, 3.63) is 174 Å². The SMILES string of the molecule is C1=Cc2c3n(c4ccc(-c5ccc6c7cc(-c8ccccc8)ccc7n(-c7ccccc7)c6c5)cc24)-c2cccc4c2C2=C(C=CC23C1)CO4. The molecule has 0 saturated heterocycles. The number of benzene rings is 6. The van der Waals surface area contributed by atoms with Gasteiger partial charge in [0.15, 0.2) is 0 Å². The molecule has 0 amide bonds. The Morgan fingerprint density at radius 2 is 1.30 bits per heavy atom. The minimum atomic E-state index is -0.153. The van der Waals surface area contributed by atoms with Crippen LogP contribution in [0.2, 0.25) is 0 Å². The predicted octanol–water partition coefficient (Wildman–Crippen LogP) is 11.4. The van der Waals surface area contributed by atoms with Crippen LogP contribution in [0.5, 0.6) is 5.75 Å². The van der Waals surface area contributed by atoms with E-state index in [1.54, 1.807) is 0 Å². The van der Waals surface area contributed by atoms with Crippen LogP contribution in [0.4, 0.5) is 0 Å². The first-order chi connectivity index (χ1) is 24.8. The molecular formula is C47H30N2O. The van der Waals surface area contributed by atoms with Gasteiger partial charge in [0.2, 0.25) is 0 Å². The van der Waals surface area contributed by atoms with Gasteiger partial charge in [0.05, 0.1) is 27.7 Å². The average Bonchev–Trinajstić information content (AvgIpc) is 3.84. The fourth-order valence-electron chi connectivity index (χ4n) is 9.48. The first-order valence-electron chi connectivity index (χ1n) is 17.5. The summed E-state index contributed by atoms with van der Waals surface area (Å²) >= 11 is 0. The first kappa shape index (κ1) is 26.6. The van der Waals surface area contributed by atoms with Crippen molar-refractivity contribution in [2.24, 2.45) is 0 Å². The van der Waals surface area contributed by atoms with Crippen LogP contribution < -0.4 is 4.74 Å². The van der Waals surface area contributed by atoms with Crippen LogP contribution in [-0.4, -0.2) is 15.7 Å². The van der Waals surface area contributed by atoms with Crippen molar-refractivity contribution in [2.75, 3.05) is 6.61 Å². The molecule has 0 saturated carbocycles. The van der Waals surface area contributed by atoms with E-state index in [0.29, 0.717) is 6.61 Å². The first-order valence-corrected chi connectivity index (χ1v) is 17.5. The zero-order chi connectivity index (χ0) is 32.6. The number of hydrogen-bond donors (Lipinski definition) is 0. The number of ether oxygens (including phenoxy) is 1. The van der Waals surface area contributed by atoms with Gasteiger partial charge in [-0.15, -0.1) is 0 Å². The van der Waals surface area contributed by atoms with Gasteiger partial charge in [-0.1, -0.05) is 103 Å². The van der Waals surface area contributed by atoms with Gasteiger partial charge in [-0.25, -0.2) is 0 Å². The maximum Gasteiger partial charge on any atom is 0.129 e. The molecule has 8 aromatic rings. The fraction of sp³-hybridized carbons (Fsp3) is 0.0638. The minimum absolute atomic E-state index is 0.153. The molecule has 6 aromatic carbocycles. The van der Waals surface area contributed by atoms with E-state index in [1.807, 2.05) is 0 Å². The third kappa shape index (κ3) is 3.30. The van der Waals surface area contributed by atoms with Crippen molar-refractivity contribution in [1.29, 1.82) is 0 Å². The van der Waals surface area contributed by atoms with Gasteiger partial charge < -0.3 is 13.9 Å². The third-order valence-electron chi connectivity index (χ3n) is 11.6. The van der Waals surface area contributed by atoms with Gasteiger partial charge in [-0.05, 0) is 94.4 Å². The highest BCUT2D eigenvalue weighted by Gasteiger charge is 2.50. The molecule has 50 heavy (non-hydrogen) atoms. The molecule has 1 spiro atoms. The van der Waals surface area contributed by atoms with Gasteiger partial charge in [-0.2, -0.15) is 0 Å². The molecule has 1 unspecified atom stereocenters. The smallest absolute Gasteiger partial charge is 0.129 e. The van der Waals surface area contributed by atoms with E-state index in [2.05, 4.69) is 167 Å². The summed E-state index contributed by atoms with van der Waals surface area (Å²) in [4.78, 5) is 0. The van der Waals surface area contributed by atoms with Crippen molar-refractivity contribution in [1.82, 2.24) is 9.13 Å². The van der Waals surface area contributed by atoms with Gasteiger partial charge in [0, 0.05) is 38.7 Å². The number of rotatable bonds is 3. The highest BCUT2D eigenvalue weighted by molar-refractivity contribution is 6.12. The number of hydrogen-bond acceptors (Lipinski definition) is 1. The van der Waals surface area contributed by atoms with Gasteiger partial charge in [-0.3, -0.25) is 0 Å². The van der Waals surface area contributed by atoms with Crippen molar-refractivity contribution >= 4 is 44.4 Å². The zero-order valence-electron chi connectivity index (χ0n) is 27.2. The van der Waals surface area contributed by atoms with Gasteiger partial charge in [0.1, 0.15) is 12.4 Å². The maximum absolute atomic E-state index is 6.30. The molecule has 3 heteroatoms. The summed E-state index contributed by atoms with van der Waals surface area (Å²) in [6.45, 7) is 0.642. The van der Waals surface area contributed by atoms with Crippen molar-refractivity contribution < 1.29 is 4.74 Å². The van der Waals surface area contributed by atoms with E-state index in [1.165, 1.54) is 94.3 Å². The molecule has 2 aliphatic carbocycles. The molecule has 12 rings (SSSR count). The predicted molar refractivity (Wildman–Crippen MR) is 205 cm³/mol. The highest BCUT2D eigenvalue weighted by Crippen LogP contribution is 2.61. The van der Waals surface area contributed by atoms with Crippen LogP contribution in [0, 0.1) is 0 Å². The Balaban J connectivity index is 1.09. The number of aromatic nitrogens is 2. The molecule has 0 radical (unpaired) electrons. The molecule has 4 heterocycles. The molecule has 0 N–H and O–H groups in total.